The van der Waals surface area contributed by atoms with E-state index in [0.29, 0.717) is 5.57 Å². The summed E-state index contributed by atoms with van der Waals surface area (Å²) in [4.78, 5) is 24.2. The summed E-state index contributed by atoms with van der Waals surface area (Å²) in [5.74, 6) is -1.73. The Kier molecular flexibility index (Phi) is 3.98. The van der Waals surface area contributed by atoms with Crippen LogP contribution in [0.1, 0.15) is 17.0 Å². The second kappa shape index (κ2) is 6.08. The van der Waals surface area contributed by atoms with Gasteiger partial charge in [-0.05, 0) is 28.3 Å². The minimum absolute atomic E-state index is 0.303. The van der Waals surface area contributed by atoms with Gasteiger partial charge in [-0.15, -0.1) is 0 Å². The zero-order valence-electron chi connectivity index (χ0n) is 12.9. The first-order valence-corrected chi connectivity index (χ1v) is 7.23. The van der Waals surface area contributed by atoms with Gasteiger partial charge in [0.1, 0.15) is 5.92 Å². The van der Waals surface area contributed by atoms with Crippen molar-refractivity contribution >= 4 is 18.0 Å². The van der Waals surface area contributed by atoms with E-state index >= 15 is 0 Å². The van der Waals surface area contributed by atoms with Gasteiger partial charge in [-0.3, -0.25) is 4.79 Å². The first kappa shape index (κ1) is 15.0. The standard InChI is InChI=1S/C19H16O4/c1-22-18(20)16-11-15-13(12-7-4-3-5-8-12)9-6-10-14(15)17(16)19(21)23-2/h3-11,17H,1-2H3. The smallest absolute Gasteiger partial charge is 0.334 e. The minimum Gasteiger partial charge on any atom is -0.468 e. The van der Waals surface area contributed by atoms with Gasteiger partial charge in [0, 0.05) is 0 Å². The van der Waals surface area contributed by atoms with E-state index in [2.05, 4.69) is 0 Å². The third kappa shape index (κ3) is 2.52. The second-order valence-corrected chi connectivity index (χ2v) is 5.22. The van der Waals surface area contributed by atoms with Crippen LogP contribution in [0.2, 0.25) is 0 Å². The van der Waals surface area contributed by atoms with E-state index in [1.54, 1.807) is 6.08 Å². The predicted molar refractivity (Wildman–Crippen MR) is 86.6 cm³/mol. The lowest BCUT2D eigenvalue weighted by Gasteiger charge is -2.14. The molecule has 0 aromatic heterocycles. The maximum atomic E-state index is 12.2. The molecule has 2 aromatic carbocycles. The van der Waals surface area contributed by atoms with E-state index in [-0.39, 0.29) is 0 Å². The molecular formula is C19H16O4. The van der Waals surface area contributed by atoms with Crippen LogP contribution >= 0.6 is 0 Å². The Morgan fingerprint density at radius 3 is 2.30 bits per heavy atom. The summed E-state index contributed by atoms with van der Waals surface area (Å²) in [6.45, 7) is 0. The number of hydrogen-bond acceptors (Lipinski definition) is 4. The molecule has 0 N–H and O–H groups in total. The van der Waals surface area contributed by atoms with Gasteiger partial charge < -0.3 is 9.47 Å². The van der Waals surface area contributed by atoms with E-state index in [0.717, 1.165) is 22.3 Å². The van der Waals surface area contributed by atoms with Crippen LogP contribution in [0.5, 0.6) is 0 Å². The highest BCUT2D eigenvalue weighted by atomic mass is 16.5. The molecule has 116 valence electrons. The Hall–Kier alpha value is -2.88. The lowest BCUT2D eigenvalue weighted by Crippen LogP contribution is -2.19. The first-order chi connectivity index (χ1) is 11.2. The molecule has 4 nitrogen and oxygen atoms in total. The number of ether oxygens (including phenoxy) is 2. The third-order valence-electron chi connectivity index (χ3n) is 4.00. The predicted octanol–water partition coefficient (Wildman–Crippen LogP) is 3.18. The molecule has 0 heterocycles. The molecule has 23 heavy (non-hydrogen) atoms. The maximum Gasteiger partial charge on any atom is 0.334 e. The Bertz CT molecular complexity index is 790. The number of carbonyl (C=O) groups is 2. The topological polar surface area (TPSA) is 52.6 Å². The van der Waals surface area contributed by atoms with E-state index in [1.165, 1.54) is 14.2 Å². The molecule has 0 aliphatic heterocycles. The highest BCUT2D eigenvalue weighted by molar-refractivity contribution is 6.07. The van der Waals surface area contributed by atoms with E-state index in [4.69, 9.17) is 9.47 Å². The molecule has 2 aromatic rings. The van der Waals surface area contributed by atoms with E-state index in [9.17, 15) is 9.59 Å². The van der Waals surface area contributed by atoms with Gasteiger partial charge in [0.25, 0.3) is 0 Å². The van der Waals surface area contributed by atoms with Crippen LogP contribution in [0.4, 0.5) is 0 Å². The summed E-state index contributed by atoms with van der Waals surface area (Å²) < 4.78 is 9.69. The summed E-state index contributed by atoms with van der Waals surface area (Å²) in [6.07, 6.45) is 1.73. The molecule has 1 aliphatic rings. The van der Waals surface area contributed by atoms with Crippen molar-refractivity contribution in [2.24, 2.45) is 0 Å². The first-order valence-electron chi connectivity index (χ1n) is 7.23. The van der Waals surface area contributed by atoms with Gasteiger partial charge >= 0.3 is 11.9 Å². The average molecular weight is 308 g/mol. The summed E-state index contributed by atoms with van der Waals surface area (Å²) in [7, 11) is 2.62. The van der Waals surface area contributed by atoms with Gasteiger partial charge in [-0.25, -0.2) is 4.79 Å². The van der Waals surface area contributed by atoms with Crippen molar-refractivity contribution in [1.29, 1.82) is 0 Å². The number of carbonyl (C=O) groups excluding carboxylic acids is 2. The van der Waals surface area contributed by atoms with Gasteiger partial charge in [0.2, 0.25) is 0 Å². The lowest BCUT2D eigenvalue weighted by molar-refractivity contribution is -0.144. The fraction of sp³-hybridized carbons (Fsp3) is 0.158. The van der Waals surface area contributed by atoms with Crippen LogP contribution in [0.25, 0.3) is 17.2 Å². The fourth-order valence-electron chi connectivity index (χ4n) is 2.94. The molecule has 4 heteroatoms. The Morgan fingerprint density at radius 2 is 1.65 bits per heavy atom. The number of rotatable bonds is 3. The van der Waals surface area contributed by atoms with Crippen LogP contribution in [-0.2, 0) is 19.1 Å². The molecule has 1 unspecified atom stereocenters. The molecule has 3 rings (SSSR count). The third-order valence-corrected chi connectivity index (χ3v) is 4.00. The van der Waals surface area contributed by atoms with Crippen LogP contribution in [-0.4, -0.2) is 26.2 Å². The average Bonchev–Trinajstić information content (AvgIpc) is 3.00. The fourth-order valence-corrected chi connectivity index (χ4v) is 2.94. The van der Waals surface area contributed by atoms with Gasteiger partial charge in [0.05, 0.1) is 19.8 Å². The van der Waals surface area contributed by atoms with Crippen LogP contribution < -0.4 is 0 Å². The minimum atomic E-state index is -0.744. The van der Waals surface area contributed by atoms with Crippen LogP contribution in [0.15, 0.2) is 54.1 Å². The normalized spacial score (nSPS) is 15.6. The van der Waals surface area contributed by atoms with Crippen molar-refractivity contribution in [3.8, 4) is 11.1 Å². The van der Waals surface area contributed by atoms with Crippen molar-refractivity contribution < 1.29 is 19.1 Å². The van der Waals surface area contributed by atoms with Crippen molar-refractivity contribution in [1.82, 2.24) is 0 Å². The summed E-state index contributed by atoms with van der Waals surface area (Å²) in [6, 6.07) is 15.5. The second-order valence-electron chi connectivity index (χ2n) is 5.22. The van der Waals surface area contributed by atoms with Gasteiger partial charge in [-0.1, -0.05) is 48.5 Å². The highest BCUT2D eigenvalue weighted by Gasteiger charge is 2.37. The molecule has 0 saturated carbocycles. The molecule has 0 amide bonds. The number of fused-ring (bicyclic) bond motifs is 1. The Balaban J connectivity index is 2.19. The lowest BCUT2D eigenvalue weighted by atomic mass is 9.92. The molecule has 0 fully saturated rings. The maximum absolute atomic E-state index is 12.2. The van der Waals surface area contributed by atoms with Gasteiger partial charge in [0.15, 0.2) is 0 Å². The van der Waals surface area contributed by atoms with Gasteiger partial charge in [-0.2, -0.15) is 0 Å². The molecule has 1 atom stereocenters. The number of benzene rings is 2. The highest BCUT2D eigenvalue weighted by Crippen LogP contribution is 2.42. The molecule has 0 saturated heterocycles. The zero-order valence-corrected chi connectivity index (χ0v) is 12.9. The Morgan fingerprint density at radius 1 is 0.913 bits per heavy atom. The monoisotopic (exact) mass is 308 g/mol. The SMILES string of the molecule is COC(=O)C1=Cc2c(-c3ccccc3)cccc2C1C(=O)OC. The summed E-state index contributed by atoms with van der Waals surface area (Å²) in [5.41, 5.74) is 3.91. The molecule has 1 aliphatic carbocycles. The van der Waals surface area contributed by atoms with Crippen molar-refractivity contribution in [2.45, 2.75) is 5.92 Å². The number of methoxy groups -OCH3 is 2. The van der Waals surface area contributed by atoms with Crippen molar-refractivity contribution in [2.75, 3.05) is 14.2 Å². The molecule has 0 spiro atoms. The van der Waals surface area contributed by atoms with Crippen LogP contribution in [0, 0.1) is 0 Å². The molecular weight excluding hydrogens is 292 g/mol. The number of hydrogen-bond donors (Lipinski definition) is 0. The summed E-state index contributed by atoms with van der Waals surface area (Å²) in [5, 5.41) is 0. The molecule has 0 bridgehead atoms. The van der Waals surface area contributed by atoms with E-state index in [1.807, 2.05) is 48.5 Å². The van der Waals surface area contributed by atoms with Crippen molar-refractivity contribution in [3.63, 3.8) is 0 Å². The van der Waals surface area contributed by atoms with Crippen molar-refractivity contribution in [3.05, 3.63) is 65.2 Å². The number of esters is 2. The quantitative estimate of drug-likeness (QED) is 0.817. The van der Waals surface area contributed by atoms with E-state index < -0.39 is 17.9 Å². The zero-order chi connectivity index (χ0) is 16.4. The Labute approximate surface area is 134 Å². The largest absolute Gasteiger partial charge is 0.468 e. The molecule has 0 radical (unpaired) electrons. The summed E-state index contributed by atoms with van der Waals surface area (Å²) >= 11 is 0. The van der Waals surface area contributed by atoms with Crippen LogP contribution in [0.3, 0.4) is 0 Å².